The molecule has 0 radical (unpaired) electrons. The summed E-state index contributed by atoms with van der Waals surface area (Å²) in [6.45, 7) is 1.20. The molecule has 1 aromatic carbocycles. The number of hydrogen-bond acceptors (Lipinski definition) is 2. The molecule has 0 bridgehead atoms. The number of hydrogen-bond donors (Lipinski definition) is 4. The zero-order valence-electron chi connectivity index (χ0n) is 8.69. The van der Waals surface area contributed by atoms with Crippen LogP contribution in [0.25, 0.3) is 0 Å². The number of benzene rings is 1. The van der Waals surface area contributed by atoms with E-state index in [2.05, 4.69) is 10.6 Å². The lowest BCUT2D eigenvalue weighted by Gasteiger charge is -2.11. The van der Waals surface area contributed by atoms with Crippen LogP contribution in [0.5, 0.6) is 0 Å². The molecule has 0 atom stereocenters. The van der Waals surface area contributed by atoms with Gasteiger partial charge in [0.1, 0.15) is 0 Å². The molecule has 0 aliphatic heterocycles. The Morgan fingerprint density at radius 2 is 1.31 bits per heavy atom. The lowest BCUT2D eigenvalue weighted by molar-refractivity contribution is 0.854. The van der Waals surface area contributed by atoms with Gasteiger partial charge in [-0.25, -0.2) is 0 Å². The van der Waals surface area contributed by atoms with Crippen molar-refractivity contribution in [3.05, 3.63) is 35.4 Å². The molecule has 0 fully saturated rings. The van der Waals surface area contributed by atoms with E-state index in [1.54, 1.807) is 0 Å². The molecule has 1 aromatic rings. The molecule has 0 spiro atoms. The largest absolute Gasteiger partial charge is 0.376 e. The first-order valence-corrected chi connectivity index (χ1v) is 5.54. The zero-order valence-corrected chi connectivity index (χ0v) is 10.3. The van der Waals surface area contributed by atoms with Crippen molar-refractivity contribution in [3.63, 3.8) is 0 Å². The first kappa shape index (κ1) is 12.7. The van der Waals surface area contributed by atoms with Crippen LogP contribution in [0.2, 0.25) is 0 Å². The van der Waals surface area contributed by atoms with Gasteiger partial charge in [0.25, 0.3) is 0 Å². The van der Waals surface area contributed by atoms with Gasteiger partial charge >= 0.3 is 0 Å². The maximum Gasteiger partial charge on any atom is 0.163 e. The predicted octanol–water partition coefficient (Wildman–Crippen LogP) is 0.353. The van der Waals surface area contributed by atoms with Gasteiger partial charge in [0, 0.05) is 13.1 Å². The van der Waals surface area contributed by atoms with Gasteiger partial charge in [-0.1, -0.05) is 24.3 Å². The molecule has 0 aromatic heterocycles. The summed E-state index contributed by atoms with van der Waals surface area (Å²) in [7, 11) is 0. The third-order valence-corrected chi connectivity index (χ3v) is 2.31. The van der Waals surface area contributed by atoms with Crippen LogP contribution >= 0.6 is 24.4 Å². The number of nitrogens with two attached hydrogens (primary N) is 2. The minimum Gasteiger partial charge on any atom is -0.376 e. The van der Waals surface area contributed by atoms with Crippen molar-refractivity contribution in [1.82, 2.24) is 10.6 Å². The van der Waals surface area contributed by atoms with Crippen LogP contribution in [0, 0.1) is 0 Å². The standard InChI is InChI=1S/C10H14N4S2/c11-9(15)13-5-7-3-1-2-4-8(7)6-14-10(12)16/h1-4H,5-6H2,(H3,11,13,15)(H3,12,14,16). The highest BCUT2D eigenvalue weighted by molar-refractivity contribution is 7.80. The van der Waals surface area contributed by atoms with Gasteiger partial charge in [0.15, 0.2) is 10.2 Å². The fourth-order valence-electron chi connectivity index (χ4n) is 1.27. The Kier molecular flexibility index (Phi) is 4.94. The second kappa shape index (κ2) is 6.24. The second-order valence-corrected chi connectivity index (χ2v) is 4.08. The Morgan fingerprint density at radius 1 is 0.938 bits per heavy atom. The van der Waals surface area contributed by atoms with Crippen LogP contribution in [-0.4, -0.2) is 10.2 Å². The Morgan fingerprint density at radius 3 is 1.62 bits per heavy atom. The number of nitrogens with one attached hydrogen (secondary N) is 2. The van der Waals surface area contributed by atoms with E-state index in [0.717, 1.165) is 11.1 Å². The Hall–Kier alpha value is -1.40. The van der Waals surface area contributed by atoms with Gasteiger partial charge in [-0.05, 0) is 35.6 Å². The molecule has 0 saturated carbocycles. The Bertz CT molecular complexity index is 355. The smallest absolute Gasteiger partial charge is 0.163 e. The van der Waals surface area contributed by atoms with E-state index in [4.69, 9.17) is 35.9 Å². The summed E-state index contributed by atoms with van der Waals surface area (Å²) in [6.07, 6.45) is 0. The summed E-state index contributed by atoms with van der Waals surface area (Å²) in [5.74, 6) is 0. The molecular formula is C10H14N4S2. The van der Waals surface area contributed by atoms with Crippen molar-refractivity contribution >= 4 is 34.7 Å². The highest BCUT2D eigenvalue weighted by Crippen LogP contribution is 2.07. The Labute approximate surface area is 105 Å². The zero-order chi connectivity index (χ0) is 12.0. The second-order valence-electron chi connectivity index (χ2n) is 3.20. The van der Waals surface area contributed by atoms with E-state index >= 15 is 0 Å². The minimum absolute atomic E-state index is 0.289. The van der Waals surface area contributed by atoms with Gasteiger partial charge in [-0.3, -0.25) is 0 Å². The molecule has 4 nitrogen and oxygen atoms in total. The molecule has 0 unspecified atom stereocenters. The van der Waals surface area contributed by atoms with Crippen molar-refractivity contribution in [2.45, 2.75) is 13.1 Å². The van der Waals surface area contributed by atoms with E-state index in [-0.39, 0.29) is 10.2 Å². The number of rotatable bonds is 4. The maximum atomic E-state index is 5.38. The van der Waals surface area contributed by atoms with Crippen LogP contribution in [-0.2, 0) is 13.1 Å². The van der Waals surface area contributed by atoms with Crippen LogP contribution < -0.4 is 22.1 Å². The van der Waals surface area contributed by atoms with Gasteiger partial charge in [-0.2, -0.15) is 0 Å². The maximum absolute atomic E-state index is 5.38. The van der Waals surface area contributed by atoms with E-state index in [1.807, 2.05) is 24.3 Å². The van der Waals surface area contributed by atoms with E-state index in [9.17, 15) is 0 Å². The number of thiocarbonyl (C=S) groups is 2. The lowest BCUT2D eigenvalue weighted by Crippen LogP contribution is -2.31. The molecule has 0 amide bonds. The van der Waals surface area contributed by atoms with Crippen molar-refractivity contribution in [3.8, 4) is 0 Å². The molecule has 0 aliphatic rings. The first-order valence-electron chi connectivity index (χ1n) is 4.73. The molecule has 16 heavy (non-hydrogen) atoms. The van der Waals surface area contributed by atoms with Crippen LogP contribution in [0.15, 0.2) is 24.3 Å². The highest BCUT2D eigenvalue weighted by atomic mass is 32.1. The fourth-order valence-corrected chi connectivity index (χ4v) is 1.41. The quantitative estimate of drug-likeness (QED) is 0.581. The summed E-state index contributed by atoms with van der Waals surface area (Å²) in [4.78, 5) is 0. The van der Waals surface area contributed by atoms with Crippen LogP contribution in [0.1, 0.15) is 11.1 Å². The summed E-state index contributed by atoms with van der Waals surface area (Å²) >= 11 is 9.51. The van der Waals surface area contributed by atoms with Gasteiger partial charge in [0.05, 0.1) is 0 Å². The molecule has 0 aliphatic carbocycles. The van der Waals surface area contributed by atoms with Gasteiger partial charge in [0.2, 0.25) is 0 Å². The van der Waals surface area contributed by atoms with Gasteiger partial charge in [-0.15, -0.1) is 0 Å². The molecule has 6 heteroatoms. The summed E-state index contributed by atoms with van der Waals surface area (Å²) in [5, 5.41) is 6.39. The van der Waals surface area contributed by atoms with Crippen LogP contribution in [0.4, 0.5) is 0 Å². The molecule has 0 saturated heterocycles. The minimum atomic E-state index is 0.289. The van der Waals surface area contributed by atoms with Gasteiger partial charge < -0.3 is 22.1 Å². The molecule has 1 rings (SSSR count). The lowest BCUT2D eigenvalue weighted by atomic mass is 10.1. The van der Waals surface area contributed by atoms with E-state index in [0.29, 0.717) is 13.1 Å². The average molecular weight is 254 g/mol. The summed E-state index contributed by atoms with van der Waals surface area (Å²) in [5.41, 5.74) is 13.0. The predicted molar refractivity (Wildman–Crippen MR) is 73.7 cm³/mol. The summed E-state index contributed by atoms with van der Waals surface area (Å²) in [6, 6.07) is 7.92. The van der Waals surface area contributed by atoms with E-state index in [1.165, 1.54) is 0 Å². The van der Waals surface area contributed by atoms with Crippen molar-refractivity contribution in [1.29, 1.82) is 0 Å². The highest BCUT2D eigenvalue weighted by Gasteiger charge is 2.01. The van der Waals surface area contributed by atoms with Crippen molar-refractivity contribution < 1.29 is 0 Å². The normalized spacial score (nSPS) is 9.50. The molecular weight excluding hydrogens is 240 g/mol. The Balaban J connectivity index is 2.67. The van der Waals surface area contributed by atoms with Crippen molar-refractivity contribution in [2.24, 2.45) is 11.5 Å². The molecule has 0 heterocycles. The topological polar surface area (TPSA) is 76.1 Å². The average Bonchev–Trinajstić information content (AvgIpc) is 2.24. The molecule has 86 valence electrons. The van der Waals surface area contributed by atoms with Crippen LogP contribution in [0.3, 0.4) is 0 Å². The van der Waals surface area contributed by atoms with Crippen molar-refractivity contribution in [2.75, 3.05) is 0 Å². The van der Waals surface area contributed by atoms with E-state index < -0.39 is 0 Å². The monoisotopic (exact) mass is 254 g/mol. The first-order chi connectivity index (χ1) is 7.59. The summed E-state index contributed by atoms with van der Waals surface area (Å²) < 4.78 is 0. The third-order valence-electron chi connectivity index (χ3n) is 2.02. The molecule has 6 N–H and O–H groups in total. The SMILES string of the molecule is NC(=S)NCc1ccccc1CNC(N)=S. The fraction of sp³-hybridized carbons (Fsp3) is 0.200. The third kappa shape index (κ3) is 4.41.